The summed E-state index contributed by atoms with van der Waals surface area (Å²) in [6, 6.07) is 2.99. The van der Waals surface area contributed by atoms with Crippen molar-refractivity contribution in [2.45, 2.75) is 31.1 Å². The summed E-state index contributed by atoms with van der Waals surface area (Å²) in [5.41, 5.74) is -0.724. The zero-order valence-electron chi connectivity index (χ0n) is 11.4. The molecule has 114 valence electrons. The fourth-order valence-corrected chi connectivity index (χ4v) is 3.33. The Balaban J connectivity index is 1.78. The Morgan fingerprint density at radius 1 is 1.24 bits per heavy atom. The van der Waals surface area contributed by atoms with Gasteiger partial charge >= 0.3 is 6.18 Å². The Morgan fingerprint density at radius 3 is 2.38 bits per heavy atom. The second kappa shape index (κ2) is 5.29. The molecule has 21 heavy (non-hydrogen) atoms. The summed E-state index contributed by atoms with van der Waals surface area (Å²) in [5.74, 6) is 0.598. The molecule has 2 aliphatic heterocycles. The van der Waals surface area contributed by atoms with Crippen molar-refractivity contribution in [3.63, 3.8) is 0 Å². The van der Waals surface area contributed by atoms with Gasteiger partial charge in [0.05, 0.1) is 12.1 Å². The maximum absolute atomic E-state index is 12.6. The highest BCUT2D eigenvalue weighted by Crippen LogP contribution is 2.35. The van der Waals surface area contributed by atoms with Crippen LogP contribution in [0.5, 0.6) is 0 Å². The van der Waals surface area contributed by atoms with Crippen LogP contribution in [0.4, 0.5) is 19.0 Å². The first-order valence-corrected chi connectivity index (χ1v) is 6.96. The van der Waals surface area contributed by atoms with E-state index in [0.29, 0.717) is 12.4 Å². The van der Waals surface area contributed by atoms with E-state index >= 15 is 0 Å². The van der Waals surface area contributed by atoms with Crippen molar-refractivity contribution in [1.82, 2.24) is 9.88 Å². The lowest BCUT2D eigenvalue weighted by Crippen LogP contribution is -2.54. The minimum Gasteiger partial charge on any atom is -0.348 e. The molecule has 0 N–H and O–H groups in total. The molecular formula is C14H16F3N3O. The Labute approximate surface area is 120 Å². The highest BCUT2D eigenvalue weighted by Gasteiger charge is 2.40. The molecule has 0 spiro atoms. The van der Waals surface area contributed by atoms with Crippen molar-refractivity contribution in [1.29, 1.82) is 0 Å². The SMILES string of the molecule is O=CCN1CC2CCC(C1)N2c1ccc(C(F)(F)F)cn1. The van der Waals surface area contributed by atoms with Crippen molar-refractivity contribution in [3.05, 3.63) is 23.9 Å². The van der Waals surface area contributed by atoms with E-state index in [1.54, 1.807) is 0 Å². The number of anilines is 1. The number of carbonyl (C=O) groups excluding carboxylic acids is 1. The molecule has 0 saturated carbocycles. The van der Waals surface area contributed by atoms with Gasteiger partial charge in [-0.25, -0.2) is 4.98 Å². The van der Waals surface area contributed by atoms with Crippen molar-refractivity contribution in [3.8, 4) is 0 Å². The van der Waals surface area contributed by atoms with Crippen LogP contribution in [0.15, 0.2) is 18.3 Å². The number of rotatable bonds is 3. The second-order valence-corrected chi connectivity index (χ2v) is 5.58. The van der Waals surface area contributed by atoms with Crippen LogP contribution in [0.3, 0.4) is 0 Å². The summed E-state index contributed by atoms with van der Waals surface area (Å²) in [6.07, 6.45) is -0.587. The molecule has 1 aromatic heterocycles. The minimum atomic E-state index is -4.35. The van der Waals surface area contributed by atoms with E-state index in [4.69, 9.17) is 0 Å². The van der Waals surface area contributed by atoms with E-state index in [2.05, 4.69) is 14.8 Å². The van der Waals surface area contributed by atoms with Crippen LogP contribution in [0, 0.1) is 0 Å². The van der Waals surface area contributed by atoms with E-state index in [1.807, 2.05) is 0 Å². The Kier molecular flexibility index (Phi) is 3.61. The third-order valence-electron chi connectivity index (χ3n) is 4.23. The first kappa shape index (κ1) is 14.3. The average Bonchev–Trinajstić information content (AvgIpc) is 2.70. The van der Waals surface area contributed by atoms with Gasteiger partial charge in [0.2, 0.25) is 0 Å². The Morgan fingerprint density at radius 2 is 1.90 bits per heavy atom. The van der Waals surface area contributed by atoms with Gasteiger partial charge in [-0.05, 0) is 25.0 Å². The first-order chi connectivity index (χ1) is 9.99. The number of aromatic nitrogens is 1. The molecule has 2 fully saturated rings. The summed E-state index contributed by atoms with van der Waals surface area (Å²) in [5, 5.41) is 0. The van der Waals surface area contributed by atoms with Gasteiger partial charge in [0.25, 0.3) is 0 Å². The number of halogens is 3. The van der Waals surface area contributed by atoms with Gasteiger partial charge in [0, 0.05) is 31.4 Å². The molecule has 2 saturated heterocycles. The number of piperazine rings is 1. The standard InChI is InChI=1S/C14H16F3N3O/c15-14(16,17)10-1-4-13(18-7-10)20-11-2-3-12(20)9-19(8-11)5-6-21/h1,4,6-7,11-12H,2-3,5,8-9H2. The van der Waals surface area contributed by atoms with E-state index in [-0.39, 0.29) is 12.1 Å². The highest BCUT2D eigenvalue weighted by atomic mass is 19.4. The summed E-state index contributed by atoms with van der Waals surface area (Å²) in [4.78, 5) is 18.8. The zero-order valence-corrected chi connectivity index (χ0v) is 11.4. The third kappa shape index (κ3) is 2.74. The van der Waals surface area contributed by atoms with Crippen LogP contribution in [-0.4, -0.2) is 47.9 Å². The van der Waals surface area contributed by atoms with Crippen LogP contribution in [0.2, 0.25) is 0 Å². The van der Waals surface area contributed by atoms with Gasteiger partial charge in [-0.3, -0.25) is 4.90 Å². The van der Waals surface area contributed by atoms with E-state index < -0.39 is 11.7 Å². The zero-order chi connectivity index (χ0) is 15.0. The van der Waals surface area contributed by atoms with Crippen LogP contribution in [0.25, 0.3) is 0 Å². The molecule has 0 amide bonds. The fourth-order valence-electron chi connectivity index (χ4n) is 3.33. The lowest BCUT2D eigenvalue weighted by atomic mass is 10.1. The molecule has 3 heterocycles. The van der Waals surface area contributed by atoms with Gasteiger partial charge in [-0.15, -0.1) is 0 Å². The average molecular weight is 299 g/mol. The Bertz CT molecular complexity index is 503. The number of hydrogen-bond acceptors (Lipinski definition) is 4. The summed E-state index contributed by atoms with van der Waals surface area (Å²) >= 11 is 0. The number of pyridine rings is 1. The molecule has 1 aromatic rings. The first-order valence-electron chi connectivity index (χ1n) is 6.96. The van der Waals surface area contributed by atoms with Crippen molar-refractivity contribution >= 4 is 12.1 Å². The smallest absolute Gasteiger partial charge is 0.348 e. The molecule has 0 aliphatic carbocycles. The number of carbonyl (C=O) groups is 1. The Hall–Kier alpha value is -1.63. The topological polar surface area (TPSA) is 36.4 Å². The predicted octanol–water partition coefficient (Wildman–Crippen LogP) is 1.95. The van der Waals surface area contributed by atoms with Crippen LogP contribution in [0.1, 0.15) is 18.4 Å². The number of likely N-dealkylation sites (tertiary alicyclic amines) is 1. The summed E-state index contributed by atoms with van der Waals surface area (Å²) in [6.45, 7) is 1.94. The molecule has 0 aromatic carbocycles. The predicted molar refractivity (Wildman–Crippen MR) is 71.0 cm³/mol. The molecule has 3 rings (SSSR count). The maximum Gasteiger partial charge on any atom is 0.417 e. The molecule has 4 nitrogen and oxygen atoms in total. The normalized spacial score (nSPS) is 26.1. The number of alkyl halides is 3. The molecule has 7 heteroatoms. The third-order valence-corrected chi connectivity index (χ3v) is 4.23. The number of nitrogens with zero attached hydrogens (tertiary/aromatic N) is 3. The molecule has 0 radical (unpaired) electrons. The number of fused-ring (bicyclic) bond motifs is 2. The second-order valence-electron chi connectivity index (χ2n) is 5.58. The van der Waals surface area contributed by atoms with Gasteiger partial charge in [-0.1, -0.05) is 0 Å². The molecular weight excluding hydrogens is 283 g/mol. The molecule has 2 bridgehead atoms. The monoisotopic (exact) mass is 299 g/mol. The highest BCUT2D eigenvalue weighted by molar-refractivity contribution is 5.52. The van der Waals surface area contributed by atoms with Gasteiger partial charge in [0.15, 0.2) is 0 Å². The lowest BCUT2D eigenvalue weighted by molar-refractivity contribution is -0.137. The van der Waals surface area contributed by atoms with Gasteiger partial charge < -0.3 is 9.69 Å². The van der Waals surface area contributed by atoms with Crippen LogP contribution >= 0.6 is 0 Å². The van der Waals surface area contributed by atoms with Gasteiger partial charge in [0.1, 0.15) is 12.1 Å². The summed E-state index contributed by atoms with van der Waals surface area (Å²) < 4.78 is 37.7. The number of hydrogen-bond donors (Lipinski definition) is 0. The van der Waals surface area contributed by atoms with Crippen LogP contribution in [-0.2, 0) is 11.0 Å². The molecule has 2 aliphatic rings. The van der Waals surface area contributed by atoms with Crippen LogP contribution < -0.4 is 4.90 Å². The number of aldehydes is 1. The molecule has 2 atom stereocenters. The quantitative estimate of drug-likeness (QED) is 0.799. The van der Waals surface area contributed by atoms with Crippen molar-refractivity contribution in [2.75, 3.05) is 24.5 Å². The maximum atomic E-state index is 12.6. The van der Waals surface area contributed by atoms with E-state index in [1.165, 1.54) is 6.07 Å². The van der Waals surface area contributed by atoms with E-state index in [9.17, 15) is 18.0 Å². The van der Waals surface area contributed by atoms with Crippen molar-refractivity contribution in [2.24, 2.45) is 0 Å². The van der Waals surface area contributed by atoms with Gasteiger partial charge in [-0.2, -0.15) is 13.2 Å². The largest absolute Gasteiger partial charge is 0.417 e. The molecule has 2 unspecified atom stereocenters. The van der Waals surface area contributed by atoms with E-state index in [0.717, 1.165) is 44.5 Å². The lowest BCUT2D eigenvalue weighted by Gasteiger charge is -2.41. The summed E-state index contributed by atoms with van der Waals surface area (Å²) in [7, 11) is 0. The fraction of sp³-hybridized carbons (Fsp3) is 0.571. The van der Waals surface area contributed by atoms with Crippen molar-refractivity contribution < 1.29 is 18.0 Å². The minimum absolute atomic E-state index is 0.230.